The van der Waals surface area contributed by atoms with E-state index in [1.165, 1.54) is 17.8 Å². The first kappa shape index (κ1) is 21.0. The third-order valence-electron chi connectivity index (χ3n) is 4.40. The van der Waals surface area contributed by atoms with Crippen LogP contribution in [0, 0.1) is 13.8 Å². The molecule has 0 fully saturated rings. The maximum absolute atomic E-state index is 12.9. The zero-order valence-electron chi connectivity index (χ0n) is 16.4. The van der Waals surface area contributed by atoms with E-state index in [1.807, 2.05) is 49.6 Å². The van der Waals surface area contributed by atoms with E-state index in [1.54, 1.807) is 31.2 Å². The fourth-order valence-corrected chi connectivity index (χ4v) is 4.69. The van der Waals surface area contributed by atoms with Crippen molar-refractivity contribution in [1.29, 1.82) is 0 Å². The topological polar surface area (TPSA) is 75.3 Å². The van der Waals surface area contributed by atoms with Crippen molar-refractivity contribution in [3.8, 4) is 0 Å². The minimum Gasteiger partial charge on any atom is -0.321 e. The van der Waals surface area contributed by atoms with Gasteiger partial charge in [0.25, 0.3) is 15.9 Å². The van der Waals surface area contributed by atoms with E-state index in [0.29, 0.717) is 16.9 Å². The van der Waals surface area contributed by atoms with Crippen molar-refractivity contribution in [2.45, 2.75) is 23.6 Å². The average Bonchev–Trinajstić information content (AvgIpc) is 2.70. The van der Waals surface area contributed by atoms with Gasteiger partial charge in [0.05, 0.1) is 10.6 Å². The van der Waals surface area contributed by atoms with Crippen LogP contribution in [0.3, 0.4) is 0 Å². The number of nitrogens with one attached hydrogen (secondary N) is 2. The van der Waals surface area contributed by atoms with E-state index in [2.05, 4.69) is 10.0 Å². The Morgan fingerprint density at radius 2 is 1.62 bits per heavy atom. The number of aryl methyl sites for hydroxylation is 2. The lowest BCUT2D eigenvalue weighted by molar-refractivity contribution is 0.102. The Morgan fingerprint density at radius 1 is 0.931 bits per heavy atom. The van der Waals surface area contributed by atoms with Crippen molar-refractivity contribution < 1.29 is 13.2 Å². The Bertz CT molecular complexity index is 1140. The Balaban J connectivity index is 1.89. The van der Waals surface area contributed by atoms with Gasteiger partial charge in [0.1, 0.15) is 0 Å². The minimum atomic E-state index is -3.83. The van der Waals surface area contributed by atoms with Gasteiger partial charge in [-0.1, -0.05) is 35.9 Å². The average molecular weight is 427 g/mol. The lowest BCUT2D eigenvalue weighted by Crippen LogP contribution is -2.17. The Hall–Kier alpha value is -2.77. The number of benzene rings is 3. The molecule has 5 nitrogen and oxygen atoms in total. The van der Waals surface area contributed by atoms with Crippen molar-refractivity contribution in [2.24, 2.45) is 0 Å². The summed E-state index contributed by atoms with van der Waals surface area (Å²) in [5, 5.41) is 2.86. The van der Waals surface area contributed by atoms with Crippen LogP contribution >= 0.6 is 11.8 Å². The zero-order valence-corrected chi connectivity index (χ0v) is 18.0. The summed E-state index contributed by atoms with van der Waals surface area (Å²) in [5.41, 5.74) is 3.03. The van der Waals surface area contributed by atoms with Crippen LogP contribution in [0.5, 0.6) is 0 Å². The standard InChI is InChI=1S/C22H22N2O3S2/c1-15-8-12-18(13-9-15)24-29(26,27)21-14-17(11-10-16(21)2)22(25)23-19-6-4-5-7-20(19)28-3/h4-14,24H,1-3H3,(H,23,25). The van der Waals surface area contributed by atoms with Gasteiger partial charge in [0.15, 0.2) is 0 Å². The van der Waals surface area contributed by atoms with Crippen molar-refractivity contribution in [3.05, 3.63) is 83.4 Å². The summed E-state index contributed by atoms with van der Waals surface area (Å²) in [7, 11) is -3.83. The van der Waals surface area contributed by atoms with Gasteiger partial charge in [-0.25, -0.2) is 8.42 Å². The van der Waals surface area contributed by atoms with E-state index in [-0.39, 0.29) is 16.4 Å². The fourth-order valence-electron chi connectivity index (χ4n) is 2.80. The van der Waals surface area contributed by atoms with Crippen molar-refractivity contribution in [1.82, 2.24) is 0 Å². The van der Waals surface area contributed by atoms with Crippen LogP contribution in [0.15, 0.2) is 76.5 Å². The molecule has 0 aliphatic rings. The predicted molar refractivity (Wildman–Crippen MR) is 119 cm³/mol. The van der Waals surface area contributed by atoms with Gasteiger partial charge in [0, 0.05) is 16.1 Å². The first-order valence-electron chi connectivity index (χ1n) is 8.94. The van der Waals surface area contributed by atoms with Crippen LogP contribution in [0.4, 0.5) is 11.4 Å². The number of hydrogen-bond acceptors (Lipinski definition) is 4. The Kier molecular flexibility index (Phi) is 6.30. The highest BCUT2D eigenvalue weighted by molar-refractivity contribution is 7.98. The number of anilines is 2. The molecule has 0 spiro atoms. The molecule has 0 aromatic heterocycles. The molecular formula is C22H22N2O3S2. The monoisotopic (exact) mass is 426 g/mol. The highest BCUT2D eigenvalue weighted by Gasteiger charge is 2.20. The second kappa shape index (κ2) is 8.71. The second-order valence-electron chi connectivity index (χ2n) is 6.61. The summed E-state index contributed by atoms with van der Waals surface area (Å²) in [6, 6.07) is 19.2. The third kappa shape index (κ3) is 4.99. The summed E-state index contributed by atoms with van der Waals surface area (Å²) in [5.74, 6) is -0.363. The van der Waals surface area contributed by atoms with Gasteiger partial charge < -0.3 is 5.32 Å². The molecule has 0 saturated heterocycles. The number of carbonyl (C=O) groups excluding carboxylic acids is 1. The molecular weight excluding hydrogens is 404 g/mol. The first-order chi connectivity index (χ1) is 13.8. The van der Waals surface area contributed by atoms with E-state index in [9.17, 15) is 13.2 Å². The molecule has 7 heteroatoms. The molecule has 0 bridgehead atoms. The van der Waals surface area contributed by atoms with Crippen molar-refractivity contribution in [2.75, 3.05) is 16.3 Å². The number of sulfonamides is 1. The van der Waals surface area contributed by atoms with E-state index < -0.39 is 10.0 Å². The number of amides is 1. The smallest absolute Gasteiger partial charge is 0.262 e. The molecule has 29 heavy (non-hydrogen) atoms. The number of carbonyl (C=O) groups is 1. The molecule has 0 saturated carbocycles. The van der Waals surface area contributed by atoms with Crippen LogP contribution in [0.25, 0.3) is 0 Å². The maximum Gasteiger partial charge on any atom is 0.262 e. The number of thioether (sulfide) groups is 1. The molecule has 0 radical (unpaired) electrons. The van der Waals surface area contributed by atoms with Crippen molar-refractivity contribution in [3.63, 3.8) is 0 Å². The lowest BCUT2D eigenvalue weighted by atomic mass is 10.1. The summed E-state index contributed by atoms with van der Waals surface area (Å²) < 4.78 is 28.4. The predicted octanol–water partition coefficient (Wildman–Crippen LogP) is 5.08. The van der Waals surface area contributed by atoms with Crippen LogP contribution in [-0.4, -0.2) is 20.6 Å². The van der Waals surface area contributed by atoms with Crippen LogP contribution < -0.4 is 10.0 Å². The number of hydrogen-bond donors (Lipinski definition) is 2. The highest BCUT2D eigenvalue weighted by atomic mass is 32.2. The number of rotatable bonds is 6. The highest BCUT2D eigenvalue weighted by Crippen LogP contribution is 2.26. The first-order valence-corrected chi connectivity index (χ1v) is 11.7. The van der Waals surface area contributed by atoms with Gasteiger partial charge >= 0.3 is 0 Å². The van der Waals surface area contributed by atoms with Crippen LogP contribution in [0.2, 0.25) is 0 Å². The molecule has 0 heterocycles. The fraction of sp³-hybridized carbons (Fsp3) is 0.136. The summed E-state index contributed by atoms with van der Waals surface area (Å²) in [6.07, 6.45) is 1.93. The van der Waals surface area contributed by atoms with Crippen molar-refractivity contribution >= 4 is 39.1 Å². The summed E-state index contributed by atoms with van der Waals surface area (Å²) in [4.78, 5) is 13.7. The van der Waals surface area contributed by atoms with Crippen LogP contribution in [-0.2, 0) is 10.0 Å². The van der Waals surface area contributed by atoms with E-state index in [4.69, 9.17) is 0 Å². The Labute approximate surface area is 175 Å². The summed E-state index contributed by atoms with van der Waals surface area (Å²) in [6.45, 7) is 3.63. The molecule has 2 N–H and O–H groups in total. The molecule has 150 valence electrons. The quantitative estimate of drug-likeness (QED) is 0.539. The molecule has 0 aliphatic carbocycles. The maximum atomic E-state index is 12.9. The molecule has 1 amide bonds. The van der Waals surface area contributed by atoms with Gasteiger partial charge in [-0.15, -0.1) is 11.8 Å². The zero-order chi connectivity index (χ0) is 21.0. The minimum absolute atomic E-state index is 0.0730. The second-order valence-corrected chi connectivity index (χ2v) is 9.11. The van der Waals surface area contributed by atoms with Gasteiger partial charge in [-0.3, -0.25) is 9.52 Å². The van der Waals surface area contributed by atoms with Crippen LogP contribution in [0.1, 0.15) is 21.5 Å². The van der Waals surface area contributed by atoms with Gasteiger partial charge in [-0.05, 0) is 62.1 Å². The molecule has 0 atom stereocenters. The number of para-hydroxylation sites is 1. The third-order valence-corrected chi connectivity index (χ3v) is 6.72. The summed E-state index contributed by atoms with van der Waals surface area (Å²) >= 11 is 1.52. The van der Waals surface area contributed by atoms with Gasteiger partial charge in [0.2, 0.25) is 0 Å². The van der Waals surface area contributed by atoms with E-state index >= 15 is 0 Å². The normalized spacial score (nSPS) is 11.1. The lowest BCUT2D eigenvalue weighted by Gasteiger charge is -2.13. The Morgan fingerprint density at radius 3 is 2.31 bits per heavy atom. The molecule has 3 rings (SSSR count). The molecule has 0 unspecified atom stereocenters. The molecule has 3 aromatic carbocycles. The van der Waals surface area contributed by atoms with E-state index in [0.717, 1.165) is 10.5 Å². The largest absolute Gasteiger partial charge is 0.321 e. The SMILES string of the molecule is CSc1ccccc1NC(=O)c1ccc(C)c(S(=O)(=O)Nc2ccc(C)cc2)c1. The molecule has 0 aliphatic heterocycles. The molecule has 3 aromatic rings. The van der Waals surface area contributed by atoms with Gasteiger partial charge in [-0.2, -0.15) is 0 Å².